The Balaban J connectivity index is 1.92. The number of hydrogen-bond acceptors (Lipinski definition) is 3. The number of anilines is 2. The molecule has 0 radical (unpaired) electrons. The van der Waals surface area contributed by atoms with Gasteiger partial charge in [-0.2, -0.15) is 0 Å². The standard InChI is InChI=1S/C18H18N4O2/c1-3-15-17(22-10-5-4-9-16(22)21-15)18(24)20-14-8-6-7-13(11-14)19-12(2)23/h4-11H,3H2,1-2H3,(H,19,23)(H,20,24). The van der Waals surface area contributed by atoms with Crippen LogP contribution in [-0.4, -0.2) is 21.2 Å². The molecule has 3 rings (SSSR count). The van der Waals surface area contributed by atoms with Gasteiger partial charge >= 0.3 is 0 Å². The summed E-state index contributed by atoms with van der Waals surface area (Å²) in [5, 5.41) is 5.57. The average molecular weight is 322 g/mol. The van der Waals surface area contributed by atoms with Crippen molar-refractivity contribution < 1.29 is 9.59 Å². The Morgan fingerprint density at radius 2 is 1.83 bits per heavy atom. The molecule has 1 aromatic carbocycles. The SMILES string of the molecule is CCc1nc2ccccn2c1C(=O)Nc1cccc(NC(C)=O)c1. The molecule has 6 nitrogen and oxygen atoms in total. The first-order valence-electron chi connectivity index (χ1n) is 7.73. The first-order valence-corrected chi connectivity index (χ1v) is 7.73. The van der Waals surface area contributed by atoms with Gasteiger partial charge in [-0.1, -0.05) is 19.1 Å². The summed E-state index contributed by atoms with van der Waals surface area (Å²) in [7, 11) is 0. The van der Waals surface area contributed by atoms with Crippen LogP contribution in [0.15, 0.2) is 48.7 Å². The van der Waals surface area contributed by atoms with E-state index in [0.29, 0.717) is 23.5 Å². The zero-order chi connectivity index (χ0) is 17.1. The highest BCUT2D eigenvalue weighted by molar-refractivity contribution is 6.05. The van der Waals surface area contributed by atoms with E-state index in [0.717, 1.165) is 11.3 Å². The number of aromatic nitrogens is 2. The van der Waals surface area contributed by atoms with Gasteiger partial charge in [0.15, 0.2) is 0 Å². The fourth-order valence-electron chi connectivity index (χ4n) is 2.60. The number of nitrogens with one attached hydrogen (secondary N) is 2. The van der Waals surface area contributed by atoms with Crippen molar-refractivity contribution in [2.45, 2.75) is 20.3 Å². The number of rotatable bonds is 4. The van der Waals surface area contributed by atoms with Crippen molar-refractivity contribution in [1.29, 1.82) is 0 Å². The lowest BCUT2D eigenvalue weighted by Crippen LogP contribution is -2.16. The third-order valence-electron chi connectivity index (χ3n) is 3.59. The summed E-state index contributed by atoms with van der Waals surface area (Å²) in [6.07, 6.45) is 2.49. The number of benzene rings is 1. The summed E-state index contributed by atoms with van der Waals surface area (Å²) < 4.78 is 1.78. The van der Waals surface area contributed by atoms with Crippen molar-refractivity contribution in [2.75, 3.05) is 10.6 Å². The van der Waals surface area contributed by atoms with Gasteiger partial charge in [0.25, 0.3) is 5.91 Å². The fraction of sp³-hybridized carbons (Fsp3) is 0.167. The molecule has 0 fully saturated rings. The number of pyridine rings is 1. The maximum atomic E-state index is 12.7. The van der Waals surface area contributed by atoms with Crippen molar-refractivity contribution in [3.63, 3.8) is 0 Å². The molecule has 2 N–H and O–H groups in total. The minimum absolute atomic E-state index is 0.159. The molecule has 0 saturated heterocycles. The highest BCUT2D eigenvalue weighted by Gasteiger charge is 2.18. The minimum Gasteiger partial charge on any atom is -0.326 e. The van der Waals surface area contributed by atoms with Gasteiger partial charge in [-0.05, 0) is 36.8 Å². The van der Waals surface area contributed by atoms with E-state index in [1.54, 1.807) is 28.7 Å². The molecular formula is C18H18N4O2. The van der Waals surface area contributed by atoms with Crippen LogP contribution in [0.2, 0.25) is 0 Å². The largest absolute Gasteiger partial charge is 0.326 e. The first kappa shape index (κ1) is 15.7. The molecule has 24 heavy (non-hydrogen) atoms. The van der Waals surface area contributed by atoms with Crippen LogP contribution in [0, 0.1) is 0 Å². The number of imidazole rings is 1. The topological polar surface area (TPSA) is 75.5 Å². The second-order valence-electron chi connectivity index (χ2n) is 5.41. The van der Waals surface area contributed by atoms with Crippen molar-refractivity contribution in [1.82, 2.24) is 9.38 Å². The molecule has 2 amide bonds. The van der Waals surface area contributed by atoms with Crippen molar-refractivity contribution in [3.05, 3.63) is 60.0 Å². The molecule has 0 bridgehead atoms. The monoisotopic (exact) mass is 322 g/mol. The van der Waals surface area contributed by atoms with E-state index < -0.39 is 0 Å². The van der Waals surface area contributed by atoms with E-state index in [-0.39, 0.29) is 11.8 Å². The molecule has 0 aliphatic rings. The molecule has 0 aliphatic carbocycles. The van der Waals surface area contributed by atoms with Gasteiger partial charge in [-0.3, -0.25) is 14.0 Å². The van der Waals surface area contributed by atoms with Gasteiger partial charge in [0, 0.05) is 24.5 Å². The molecule has 2 aromatic heterocycles. The van der Waals surface area contributed by atoms with Gasteiger partial charge in [0.1, 0.15) is 11.3 Å². The normalized spacial score (nSPS) is 10.6. The van der Waals surface area contributed by atoms with Crippen molar-refractivity contribution in [3.8, 4) is 0 Å². The Morgan fingerprint density at radius 1 is 1.08 bits per heavy atom. The number of amides is 2. The quantitative estimate of drug-likeness (QED) is 0.775. The lowest BCUT2D eigenvalue weighted by Gasteiger charge is -2.08. The van der Waals surface area contributed by atoms with Crippen molar-refractivity contribution >= 4 is 28.8 Å². The van der Waals surface area contributed by atoms with Crippen LogP contribution in [0.3, 0.4) is 0 Å². The molecule has 3 aromatic rings. The summed E-state index contributed by atoms with van der Waals surface area (Å²) in [5.41, 5.74) is 3.26. The Bertz CT molecular complexity index is 914. The third-order valence-corrected chi connectivity index (χ3v) is 3.59. The van der Waals surface area contributed by atoms with E-state index in [1.807, 2.05) is 31.3 Å². The molecule has 122 valence electrons. The Hall–Kier alpha value is -3.15. The van der Waals surface area contributed by atoms with Crippen LogP contribution in [0.1, 0.15) is 30.0 Å². The smallest absolute Gasteiger partial charge is 0.274 e. The highest BCUT2D eigenvalue weighted by atomic mass is 16.2. The molecule has 6 heteroatoms. The average Bonchev–Trinajstić information content (AvgIpc) is 2.93. The summed E-state index contributed by atoms with van der Waals surface area (Å²) in [6.45, 7) is 3.41. The van der Waals surface area contributed by atoms with Crippen molar-refractivity contribution in [2.24, 2.45) is 0 Å². The van der Waals surface area contributed by atoms with E-state index in [1.165, 1.54) is 6.92 Å². The predicted octanol–water partition coefficient (Wildman–Crippen LogP) is 3.11. The van der Waals surface area contributed by atoms with Gasteiger partial charge in [-0.15, -0.1) is 0 Å². The van der Waals surface area contributed by atoms with Crippen LogP contribution in [-0.2, 0) is 11.2 Å². The first-order chi connectivity index (χ1) is 11.6. The minimum atomic E-state index is -0.231. The number of aryl methyl sites for hydroxylation is 1. The van der Waals surface area contributed by atoms with E-state index >= 15 is 0 Å². The molecule has 0 unspecified atom stereocenters. The molecule has 0 saturated carbocycles. The maximum absolute atomic E-state index is 12.7. The summed E-state index contributed by atoms with van der Waals surface area (Å²) >= 11 is 0. The van der Waals surface area contributed by atoms with E-state index in [9.17, 15) is 9.59 Å². The molecule has 0 spiro atoms. The lowest BCUT2D eigenvalue weighted by atomic mass is 10.2. The fourth-order valence-corrected chi connectivity index (χ4v) is 2.60. The predicted molar refractivity (Wildman–Crippen MR) is 93.3 cm³/mol. The van der Waals surface area contributed by atoms with Gasteiger partial charge in [0.05, 0.1) is 5.69 Å². The van der Waals surface area contributed by atoms with Gasteiger partial charge < -0.3 is 10.6 Å². The van der Waals surface area contributed by atoms with E-state index in [2.05, 4.69) is 15.6 Å². The number of fused-ring (bicyclic) bond motifs is 1. The molecule has 2 heterocycles. The summed E-state index contributed by atoms with van der Waals surface area (Å²) in [4.78, 5) is 28.4. The molecule has 0 atom stereocenters. The van der Waals surface area contributed by atoms with Crippen LogP contribution >= 0.6 is 0 Å². The number of hydrogen-bond donors (Lipinski definition) is 2. The van der Waals surface area contributed by atoms with Crippen LogP contribution in [0.5, 0.6) is 0 Å². The number of nitrogens with zero attached hydrogens (tertiary/aromatic N) is 2. The zero-order valence-electron chi connectivity index (χ0n) is 13.5. The van der Waals surface area contributed by atoms with Crippen LogP contribution in [0.25, 0.3) is 5.65 Å². The maximum Gasteiger partial charge on any atom is 0.274 e. The third kappa shape index (κ3) is 3.12. The Kier molecular flexibility index (Phi) is 4.29. The highest BCUT2D eigenvalue weighted by Crippen LogP contribution is 2.18. The number of carbonyl (C=O) groups excluding carboxylic acids is 2. The zero-order valence-corrected chi connectivity index (χ0v) is 13.5. The van der Waals surface area contributed by atoms with Crippen LogP contribution < -0.4 is 10.6 Å². The Labute approximate surface area is 139 Å². The van der Waals surface area contributed by atoms with Crippen LogP contribution in [0.4, 0.5) is 11.4 Å². The van der Waals surface area contributed by atoms with Gasteiger partial charge in [-0.25, -0.2) is 4.98 Å². The molecular weight excluding hydrogens is 304 g/mol. The molecule has 0 aliphatic heterocycles. The van der Waals surface area contributed by atoms with Gasteiger partial charge in [0.2, 0.25) is 5.91 Å². The Morgan fingerprint density at radius 3 is 2.54 bits per heavy atom. The second-order valence-corrected chi connectivity index (χ2v) is 5.41. The van der Waals surface area contributed by atoms with E-state index in [4.69, 9.17) is 0 Å². The number of carbonyl (C=O) groups is 2. The second kappa shape index (κ2) is 6.54. The lowest BCUT2D eigenvalue weighted by molar-refractivity contribution is -0.114. The summed E-state index contributed by atoms with van der Waals surface area (Å²) in [6, 6.07) is 12.7. The summed E-state index contributed by atoms with van der Waals surface area (Å²) in [5.74, 6) is -0.390.